The van der Waals surface area contributed by atoms with Crippen molar-refractivity contribution in [3.8, 4) is 0 Å². The highest BCUT2D eigenvalue weighted by molar-refractivity contribution is 6.02. The molecule has 2 aromatic carbocycles. The molecule has 0 atom stereocenters. The molecule has 1 amide bonds. The fourth-order valence-electron chi connectivity index (χ4n) is 2.07. The lowest BCUT2D eigenvalue weighted by molar-refractivity contribution is -0.111. The topological polar surface area (TPSA) is 55.1 Å². The molecule has 0 spiro atoms. The molecule has 3 N–H and O–H groups in total. The summed E-state index contributed by atoms with van der Waals surface area (Å²) in [4.78, 5) is 11.9. The van der Waals surface area contributed by atoms with Crippen molar-refractivity contribution in [2.24, 2.45) is 0 Å². The largest absolute Gasteiger partial charge is 0.398 e. The molecule has 0 fully saturated rings. The molecular weight excluding hydrogens is 272 g/mol. The van der Waals surface area contributed by atoms with Crippen LogP contribution in [-0.4, -0.2) is 5.91 Å². The maximum atomic E-state index is 11.9. The Hall–Kier alpha value is -2.55. The molecule has 0 aliphatic heterocycles. The number of carbonyl (C=O) groups excluding carboxylic acids is 1. The number of nitrogens with two attached hydrogens (primary N) is 1. The summed E-state index contributed by atoms with van der Waals surface area (Å²) in [6.45, 7) is 6.25. The zero-order valence-corrected chi connectivity index (χ0v) is 13.3. The molecule has 114 valence electrons. The van der Waals surface area contributed by atoms with Gasteiger partial charge in [-0.25, -0.2) is 0 Å². The number of hydrogen-bond acceptors (Lipinski definition) is 2. The number of rotatable bonds is 4. The average molecular weight is 294 g/mol. The average Bonchev–Trinajstić information content (AvgIpc) is 2.49. The smallest absolute Gasteiger partial charge is 0.248 e. The molecule has 3 heteroatoms. The number of hydrogen-bond donors (Lipinski definition) is 2. The Bertz CT molecular complexity index is 685. The Balaban J connectivity index is 2.00. The van der Waals surface area contributed by atoms with Gasteiger partial charge in [0.05, 0.1) is 0 Å². The van der Waals surface area contributed by atoms with Crippen LogP contribution in [0.2, 0.25) is 0 Å². The third kappa shape index (κ3) is 4.22. The monoisotopic (exact) mass is 294 g/mol. The number of anilines is 2. The number of benzene rings is 2. The summed E-state index contributed by atoms with van der Waals surface area (Å²) in [5, 5.41) is 2.80. The molecule has 0 aliphatic carbocycles. The number of aryl methyl sites for hydroxylation is 1. The van der Waals surface area contributed by atoms with Crippen molar-refractivity contribution >= 4 is 23.4 Å². The lowest BCUT2D eigenvalue weighted by atomic mass is 10.0. The van der Waals surface area contributed by atoms with Crippen molar-refractivity contribution in [1.29, 1.82) is 0 Å². The number of amides is 1. The highest BCUT2D eigenvalue weighted by atomic mass is 16.1. The first-order chi connectivity index (χ1) is 10.5. The molecular formula is C19H22N2O. The molecule has 0 saturated heterocycles. The van der Waals surface area contributed by atoms with Crippen LogP contribution in [0.25, 0.3) is 6.08 Å². The summed E-state index contributed by atoms with van der Waals surface area (Å²) in [5.41, 5.74) is 10.5. The van der Waals surface area contributed by atoms with Crippen LogP contribution in [0.3, 0.4) is 0 Å². The van der Waals surface area contributed by atoms with Crippen LogP contribution in [0.4, 0.5) is 11.4 Å². The zero-order valence-electron chi connectivity index (χ0n) is 13.3. The van der Waals surface area contributed by atoms with Crippen LogP contribution in [0, 0.1) is 6.92 Å². The molecule has 0 aromatic heterocycles. The van der Waals surface area contributed by atoms with E-state index in [1.165, 1.54) is 11.6 Å². The molecule has 2 rings (SSSR count). The summed E-state index contributed by atoms with van der Waals surface area (Å²) < 4.78 is 0. The third-order valence-corrected chi connectivity index (χ3v) is 3.58. The molecule has 0 radical (unpaired) electrons. The third-order valence-electron chi connectivity index (χ3n) is 3.58. The van der Waals surface area contributed by atoms with Gasteiger partial charge in [0.1, 0.15) is 0 Å². The van der Waals surface area contributed by atoms with E-state index in [1.807, 2.05) is 31.2 Å². The van der Waals surface area contributed by atoms with E-state index in [4.69, 9.17) is 5.73 Å². The van der Waals surface area contributed by atoms with Crippen LogP contribution in [0.1, 0.15) is 36.5 Å². The summed E-state index contributed by atoms with van der Waals surface area (Å²) in [7, 11) is 0. The second-order valence-electron chi connectivity index (χ2n) is 5.72. The lowest BCUT2D eigenvalue weighted by Crippen LogP contribution is -2.08. The van der Waals surface area contributed by atoms with E-state index < -0.39 is 0 Å². The Labute approximate surface area is 131 Å². The first-order valence-corrected chi connectivity index (χ1v) is 7.41. The Morgan fingerprint density at radius 1 is 1.14 bits per heavy atom. The summed E-state index contributed by atoms with van der Waals surface area (Å²) in [5.74, 6) is 0.338. The Morgan fingerprint density at radius 3 is 2.41 bits per heavy atom. The van der Waals surface area contributed by atoms with Crippen molar-refractivity contribution < 1.29 is 4.79 Å². The van der Waals surface area contributed by atoms with Crippen LogP contribution in [-0.2, 0) is 4.79 Å². The van der Waals surface area contributed by atoms with E-state index in [2.05, 4.69) is 31.3 Å². The minimum atomic E-state index is -0.170. The van der Waals surface area contributed by atoms with Gasteiger partial charge in [0.25, 0.3) is 0 Å². The van der Waals surface area contributed by atoms with E-state index in [0.717, 1.165) is 11.1 Å². The predicted octanol–water partition coefficient (Wildman–Crippen LogP) is 4.35. The molecule has 0 aliphatic rings. The molecule has 2 aromatic rings. The second-order valence-corrected chi connectivity index (χ2v) is 5.72. The van der Waals surface area contributed by atoms with Gasteiger partial charge >= 0.3 is 0 Å². The van der Waals surface area contributed by atoms with Crippen LogP contribution >= 0.6 is 0 Å². The number of carbonyl (C=O) groups is 1. The van der Waals surface area contributed by atoms with Crippen LogP contribution in [0.5, 0.6) is 0 Å². The van der Waals surface area contributed by atoms with E-state index >= 15 is 0 Å². The maximum absolute atomic E-state index is 11.9. The molecule has 0 bridgehead atoms. The first kappa shape index (κ1) is 15.8. The summed E-state index contributed by atoms with van der Waals surface area (Å²) in [6.07, 6.45) is 3.33. The highest BCUT2D eigenvalue weighted by Crippen LogP contribution is 2.17. The lowest BCUT2D eigenvalue weighted by Gasteiger charge is -2.06. The van der Waals surface area contributed by atoms with Gasteiger partial charge in [-0.05, 0) is 47.7 Å². The molecule has 22 heavy (non-hydrogen) atoms. The van der Waals surface area contributed by atoms with Gasteiger partial charge in [-0.3, -0.25) is 4.79 Å². The SMILES string of the molecule is Cc1ccc(NC(=O)/C=C/c2ccc(C(C)C)cc2)cc1N. The van der Waals surface area contributed by atoms with Crippen molar-refractivity contribution in [1.82, 2.24) is 0 Å². The second kappa shape index (κ2) is 6.94. The van der Waals surface area contributed by atoms with Crippen molar-refractivity contribution in [2.45, 2.75) is 26.7 Å². The van der Waals surface area contributed by atoms with Gasteiger partial charge in [0.15, 0.2) is 0 Å². The Kier molecular flexibility index (Phi) is 4.99. The minimum absolute atomic E-state index is 0.170. The predicted molar refractivity (Wildman–Crippen MR) is 93.8 cm³/mol. The van der Waals surface area contributed by atoms with E-state index in [9.17, 15) is 4.79 Å². The van der Waals surface area contributed by atoms with Gasteiger partial charge in [-0.2, -0.15) is 0 Å². The molecule has 0 unspecified atom stereocenters. The Morgan fingerprint density at radius 2 is 1.82 bits per heavy atom. The van der Waals surface area contributed by atoms with Gasteiger partial charge in [0.2, 0.25) is 5.91 Å². The number of nitrogen functional groups attached to an aromatic ring is 1. The standard InChI is InChI=1S/C19H22N2O/c1-13(2)16-8-5-15(6-9-16)7-11-19(22)21-17-10-4-14(3)18(20)12-17/h4-13H,20H2,1-3H3,(H,21,22)/b11-7+. The van der Waals surface area contributed by atoms with E-state index in [-0.39, 0.29) is 5.91 Å². The molecule has 0 heterocycles. The minimum Gasteiger partial charge on any atom is -0.398 e. The fraction of sp³-hybridized carbons (Fsp3) is 0.211. The van der Waals surface area contributed by atoms with Crippen molar-refractivity contribution in [3.63, 3.8) is 0 Å². The first-order valence-electron chi connectivity index (χ1n) is 7.41. The van der Waals surface area contributed by atoms with E-state index in [0.29, 0.717) is 17.3 Å². The summed E-state index contributed by atoms with van der Waals surface area (Å²) >= 11 is 0. The zero-order chi connectivity index (χ0) is 16.1. The van der Waals surface area contributed by atoms with Gasteiger partial charge < -0.3 is 11.1 Å². The highest BCUT2D eigenvalue weighted by Gasteiger charge is 2.01. The summed E-state index contributed by atoms with van der Waals surface area (Å²) in [6, 6.07) is 13.7. The quantitative estimate of drug-likeness (QED) is 0.650. The van der Waals surface area contributed by atoms with Gasteiger partial charge in [-0.15, -0.1) is 0 Å². The number of nitrogens with one attached hydrogen (secondary N) is 1. The molecule has 0 saturated carbocycles. The molecule has 3 nitrogen and oxygen atoms in total. The van der Waals surface area contributed by atoms with Gasteiger partial charge in [-0.1, -0.05) is 44.2 Å². The van der Waals surface area contributed by atoms with Crippen LogP contribution < -0.4 is 11.1 Å². The van der Waals surface area contributed by atoms with E-state index in [1.54, 1.807) is 12.1 Å². The maximum Gasteiger partial charge on any atom is 0.248 e. The van der Waals surface area contributed by atoms with Crippen LogP contribution in [0.15, 0.2) is 48.5 Å². The van der Waals surface area contributed by atoms with Crippen molar-refractivity contribution in [3.05, 3.63) is 65.2 Å². The van der Waals surface area contributed by atoms with Crippen molar-refractivity contribution in [2.75, 3.05) is 11.1 Å². The van der Waals surface area contributed by atoms with Gasteiger partial charge in [0, 0.05) is 17.5 Å². The fourth-order valence-corrected chi connectivity index (χ4v) is 2.07. The normalized spacial score (nSPS) is 11.1.